The van der Waals surface area contributed by atoms with Crippen molar-refractivity contribution in [3.8, 4) is 0 Å². The zero-order valence-electron chi connectivity index (χ0n) is 10.8. The third kappa shape index (κ3) is 8.04. The van der Waals surface area contributed by atoms with Crippen LogP contribution >= 0.6 is 0 Å². The van der Waals surface area contributed by atoms with Gasteiger partial charge in [0.2, 0.25) is 0 Å². The quantitative estimate of drug-likeness (QED) is 0.457. The highest BCUT2D eigenvalue weighted by atomic mass is 16.5. The molecule has 0 unspecified atom stereocenters. The van der Waals surface area contributed by atoms with E-state index in [-0.39, 0.29) is 0 Å². The molecule has 0 fully saturated rings. The molecular formula is C14H24O. The Labute approximate surface area is 94.5 Å². The Hall–Kier alpha value is -0.980. The lowest BCUT2D eigenvalue weighted by atomic mass is 10.1. The van der Waals surface area contributed by atoms with Gasteiger partial charge < -0.3 is 4.74 Å². The Kier molecular flexibility index (Phi) is 7.79. The Morgan fingerprint density at radius 2 is 1.67 bits per heavy atom. The lowest BCUT2D eigenvalue weighted by Crippen LogP contribution is -1.82. The molecule has 0 aromatic rings. The monoisotopic (exact) mass is 208 g/mol. The summed E-state index contributed by atoms with van der Waals surface area (Å²) in [4.78, 5) is 0. The third-order valence-corrected chi connectivity index (χ3v) is 2.01. The van der Waals surface area contributed by atoms with Crippen LogP contribution in [0.3, 0.4) is 0 Å². The fraction of sp³-hybridized carbons (Fsp3) is 0.571. The van der Waals surface area contributed by atoms with E-state index >= 15 is 0 Å². The van der Waals surface area contributed by atoms with Gasteiger partial charge in [0, 0.05) is 0 Å². The summed E-state index contributed by atoms with van der Waals surface area (Å²) in [5.74, 6) is 0. The van der Waals surface area contributed by atoms with E-state index < -0.39 is 0 Å². The van der Waals surface area contributed by atoms with Gasteiger partial charge in [0.25, 0.3) is 0 Å². The average Bonchev–Trinajstić information content (AvgIpc) is 2.14. The summed E-state index contributed by atoms with van der Waals surface area (Å²) in [6, 6.07) is 0. The van der Waals surface area contributed by atoms with Crippen molar-refractivity contribution < 1.29 is 4.74 Å². The molecule has 0 bridgehead atoms. The highest BCUT2D eigenvalue weighted by Crippen LogP contribution is 2.10. The molecule has 0 heterocycles. The van der Waals surface area contributed by atoms with Gasteiger partial charge >= 0.3 is 0 Å². The minimum absolute atomic E-state index is 0.731. The maximum Gasteiger partial charge on any atom is 0.0857 e. The van der Waals surface area contributed by atoms with E-state index in [4.69, 9.17) is 4.74 Å². The summed E-state index contributed by atoms with van der Waals surface area (Å²) in [7, 11) is 0. The lowest BCUT2D eigenvalue weighted by molar-refractivity contribution is 0.267. The molecule has 86 valence electrons. The molecule has 0 aliphatic carbocycles. The fourth-order valence-electron chi connectivity index (χ4n) is 1.50. The molecule has 0 saturated heterocycles. The molecule has 0 aliphatic rings. The smallest absolute Gasteiger partial charge is 0.0857 e. The van der Waals surface area contributed by atoms with Gasteiger partial charge in [0.05, 0.1) is 12.9 Å². The van der Waals surface area contributed by atoms with Gasteiger partial charge in [-0.25, -0.2) is 0 Å². The second-order valence-corrected chi connectivity index (χ2v) is 3.95. The SMILES string of the molecule is CCC/C(C)=C/C(C)=C\C(C)=C\OCC. The number of hydrogen-bond donors (Lipinski definition) is 0. The van der Waals surface area contributed by atoms with Crippen LogP contribution in [0.4, 0.5) is 0 Å². The van der Waals surface area contributed by atoms with Gasteiger partial charge in [-0.05, 0) is 39.7 Å². The predicted octanol–water partition coefficient (Wildman–Crippen LogP) is 4.62. The molecule has 0 N–H and O–H groups in total. The number of allylic oxidation sites excluding steroid dienone is 5. The zero-order valence-corrected chi connectivity index (χ0v) is 10.8. The molecule has 15 heavy (non-hydrogen) atoms. The van der Waals surface area contributed by atoms with Crippen molar-refractivity contribution in [1.82, 2.24) is 0 Å². The number of rotatable bonds is 6. The van der Waals surface area contributed by atoms with Crippen LogP contribution in [0.25, 0.3) is 0 Å². The van der Waals surface area contributed by atoms with Crippen LogP contribution in [0.2, 0.25) is 0 Å². The van der Waals surface area contributed by atoms with E-state index in [0.29, 0.717) is 0 Å². The van der Waals surface area contributed by atoms with Crippen LogP contribution in [-0.2, 0) is 4.74 Å². The topological polar surface area (TPSA) is 9.23 Å². The summed E-state index contributed by atoms with van der Waals surface area (Å²) in [5.41, 5.74) is 3.89. The first-order chi connectivity index (χ1) is 7.10. The summed E-state index contributed by atoms with van der Waals surface area (Å²) in [5, 5.41) is 0. The second kappa shape index (κ2) is 8.34. The van der Waals surface area contributed by atoms with E-state index in [1.54, 1.807) is 0 Å². The average molecular weight is 208 g/mol. The number of ether oxygens (including phenoxy) is 1. The first-order valence-corrected chi connectivity index (χ1v) is 5.74. The van der Waals surface area contributed by atoms with E-state index in [0.717, 1.165) is 12.2 Å². The van der Waals surface area contributed by atoms with Crippen molar-refractivity contribution in [2.45, 2.75) is 47.5 Å². The molecule has 0 aromatic heterocycles. The van der Waals surface area contributed by atoms with Gasteiger partial charge in [-0.2, -0.15) is 0 Å². The summed E-state index contributed by atoms with van der Waals surface area (Å²) in [6.45, 7) is 11.3. The Bertz CT molecular complexity index is 257. The summed E-state index contributed by atoms with van der Waals surface area (Å²) >= 11 is 0. The molecule has 0 saturated carbocycles. The van der Waals surface area contributed by atoms with Crippen molar-refractivity contribution in [2.24, 2.45) is 0 Å². The van der Waals surface area contributed by atoms with Crippen LogP contribution in [0.1, 0.15) is 47.5 Å². The zero-order chi connectivity index (χ0) is 11.7. The van der Waals surface area contributed by atoms with Crippen LogP contribution in [0.15, 0.2) is 35.1 Å². The Morgan fingerprint density at radius 3 is 2.20 bits per heavy atom. The van der Waals surface area contributed by atoms with Crippen LogP contribution in [0.5, 0.6) is 0 Å². The van der Waals surface area contributed by atoms with Crippen molar-refractivity contribution in [3.05, 3.63) is 35.1 Å². The molecule has 1 nitrogen and oxygen atoms in total. The van der Waals surface area contributed by atoms with E-state index in [9.17, 15) is 0 Å². The first-order valence-electron chi connectivity index (χ1n) is 5.74. The molecule has 0 radical (unpaired) electrons. The molecular weight excluding hydrogens is 184 g/mol. The highest BCUT2D eigenvalue weighted by molar-refractivity contribution is 5.28. The maximum atomic E-state index is 5.22. The van der Waals surface area contributed by atoms with Crippen molar-refractivity contribution in [3.63, 3.8) is 0 Å². The summed E-state index contributed by atoms with van der Waals surface area (Å²) in [6.07, 6.45) is 8.59. The van der Waals surface area contributed by atoms with Gasteiger partial charge in [-0.15, -0.1) is 0 Å². The summed E-state index contributed by atoms with van der Waals surface area (Å²) < 4.78 is 5.22. The molecule has 0 rings (SSSR count). The third-order valence-electron chi connectivity index (χ3n) is 2.01. The van der Waals surface area contributed by atoms with Crippen LogP contribution in [-0.4, -0.2) is 6.61 Å². The minimum Gasteiger partial charge on any atom is -0.501 e. The highest BCUT2D eigenvalue weighted by Gasteiger charge is 1.90. The molecule has 0 atom stereocenters. The fourth-order valence-corrected chi connectivity index (χ4v) is 1.50. The maximum absolute atomic E-state index is 5.22. The molecule has 0 aliphatic heterocycles. The normalized spacial score (nSPS) is 14.3. The van der Waals surface area contributed by atoms with E-state index in [1.165, 1.54) is 24.0 Å². The predicted molar refractivity (Wildman–Crippen MR) is 67.8 cm³/mol. The molecule has 0 amide bonds. The number of hydrogen-bond acceptors (Lipinski definition) is 1. The van der Waals surface area contributed by atoms with Crippen LogP contribution in [0, 0.1) is 0 Å². The molecule has 1 heteroatoms. The lowest BCUT2D eigenvalue weighted by Gasteiger charge is -2.00. The van der Waals surface area contributed by atoms with E-state index in [2.05, 4.69) is 39.8 Å². The second-order valence-electron chi connectivity index (χ2n) is 3.95. The van der Waals surface area contributed by atoms with Gasteiger partial charge in [-0.3, -0.25) is 0 Å². The standard InChI is InChI=1S/C14H24O/c1-6-8-12(3)9-13(4)10-14(5)11-15-7-2/h9-11H,6-8H2,1-5H3/b12-9+,13-10-,14-11+. The van der Waals surface area contributed by atoms with Crippen molar-refractivity contribution in [2.75, 3.05) is 6.61 Å². The minimum atomic E-state index is 0.731. The van der Waals surface area contributed by atoms with Crippen molar-refractivity contribution in [1.29, 1.82) is 0 Å². The van der Waals surface area contributed by atoms with Gasteiger partial charge in [-0.1, -0.05) is 36.6 Å². The first kappa shape index (κ1) is 14.0. The van der Waals surface area contributed by atoms with Crippen LogP contribution < -0.4 is 0 Å². The molecule has 0 spiro atoms. The van der Waals surface area contributed by atoms with Gasteiger partial charge in [0.1, 0.15) is 0 Å². The van der Waals surface area contributed by atoms with Crippen molar-refractivity contribution >= 4 is 0 Å². The van der Waals surface area contributed by atoms with Gasteiger partial charge in [0.15, 0.2) is 0 Å². The largest absolute Gasteiger partial charge is 0.501 e. The Morgan fingerprint density at radius 1 is 1.00 bits per heavy atom. The van der Waals surface area contributed by atoms with E-state index in [1.807, 2.05) is 13.2 Å². The molecule has 0 aromatic carbocycles. The Balaban J connectivity index is 4.36.